The van der Waals surface area contributed by atoms with Crippen LogP contribution in [0.3, 0.4) is 0 Å². The molecule has 0 aromatic rings. The van der Waals surface area contributed by atoms with Crippen LogP contribution in [0.5, 0.6) is 0 Å². The van der Waals surface area contributed by atoms with E-state index in [0.717, 1.165) is 18.2 Å². The van der Waals surface area contributed by atoms with E-state index >= 15 is 0 Å². The van der Waals surface area contributed by atoms with E-state index in [4.69, 9.17) is 25.5 Å². The highest BCUT2D eigenvalue weighted by Crippen LogP contribution is 1.54. The predicted molar refractivity (Wildman–Crippen MR) is 75.0 cm³/mol. The fourth-order valence-electron chi connectivity index (χ4n) is 0. The molecular weight excluding hydrogens is 224 g/mol. The number of hydrogen-bond donors (Lipinski definition) is 3. The average Bonchev–Trinajstić information content (AvgIpc) is 1.91. The first-order chi connectivity index (χ1) is 5.10. The summed E-state index contributed by atoms with van der Waals surface area (Å²) in [6.45, 7) is 2.96. The van der Waals surface area contributed by atoms with Crippen molar-refractivity contribution in [1.29, 1.82) is 10.8 Å². The molecule has 0 rings (SSSR count). The summed E-state index contributed by atoms with van der Waals surface area (Å²) in [5.74, 6) is -0.981. The van der Waals surface area contributed by atoms with Crippen molar-refractivity contribution < 1.29 is 19.5 Å². The molecule has 0 radical (unpaired) electrons. The molecule has 0 aliphatic rings. The summed E-state index contributed by atoms with van der Waals surface area (Å²) in [6, 6.07) is 0. The average molecular weight is 254 g/mol. The number of carbonyl (C=O) groups is 1. The van der Waals surface area contributed by atoms with Gasteiger partial charge < -0.3 is 5.11 Å². The topological polar surface area (TPSA) is 119 Å². The summed E-state index contributed by atoms with van der Waals surface area (Å²) in [5.41, 5.74) is 0. The van der Waals surface area contributed by atoms with Gasteiger partial charge in [0, 0.05) is 6.08 Å². The van der Waals surface area contributed by atoms with Gasteiger partial charge in [0.1, 0.15) is 0 Å². The summed E-state index contributed by atoms with van der Waals surface area (Å²) in [4.78, 5) is 25.9. The molecule has 0 atom stereocenters. The number of isocyanates is 2. The van der Waals surface area contributed by atoms with E-state index in [-0.39, 0.29) is 44.6 Å². The second kappa shape index (κ2) is 149. The van der Waals surface area contributed by atoms with Crippen molar-refractivity contribution in [2.45, 2.75) is 44.6 Å². The number of carboxylic acid groups (broad SMARTS) is 1. The number of aliphatic carboxylic acids is 1. The van der Waals surface area contributed by atoms with Crippen LogP contribution >= 0.6 is 0 Å². The first kappa shape index (κ1) is 82.0. The highest BCUT2D eigenvalue weighted by Gasteiger charge is 1.73. The number of carbonyl (C=O) groups excluding carboxylic acids is 2. The Kier molecular flexibility index (Phi) is 719. The molecule has 0 bridgehead atoms. The lowest BCUT2D eigenvalue weighted by Crippen LogP contribution is -1.82. The van der Waals surface area contributed by atoms with E-state index in [1.807, 2.05) is 0 Å². The molecular formula is C11H30N2O4. The van der Waals surface area contributed by atoms with Crippen LogP contribution in [0.25, 0.3) is 0 Å². The van der Waals surface area contributed by atoms with Crippen LogP contribution in [0.1, 0.15) is 44.6 Å². The molecule has 0 heterocycles. The Balaban J connectivity index is -0.00000000707. The summed E-state index contributed by atoms with van der Waals surface area (Å²) in [7, 11) is 0. The molecule has 6 heteroatoms. The van der Waals surface area contributed by atoms with E-state index < -0.39 is 5.97 Å². The zero-order chi connectivity index (χ0) is 9.70. The van der Waals surface area contributed by atoms with Gasteiger partial charge in [0.2, 0.25) is 12.2 Å². The minimum absolute atomic E-state index is 0. The van der Waals surface area contributed by atoms with Crippen LogP contribution in [0.2, 0.25) is 0 Å². The van der Waals surface area contributed by atoms with E-state index in [2.05, 4.69) is 6.58 Å². The van der Waals surface area contributed by atoms with Crippen LogP contribution < -0.4 is 0 Å². The highest BCUT2D eigenvalue weighted by molar-refractivity contribution is 5.78. The molecule has 0 spiro atoms. The van der Waals surface area contributed by atoms with Crippen molar-refractivity contribution in [2.75, 3.05) is 0 Å². The first-order valence-electron chi connectivity index (χ1n) is 2.03. The second-order valence-electron chi connectivity index (χ2n) is 0.746. The second-order valence-corrected chi connectivity index (χ2v) is 0.746. The van der Waals surface area contributed by atoms with Gasteiger partial charge >= 0.3 is 5.97 Å². The Morgan fingerprint density at radius 1 is 0.941 bits per heavy atom. The molecule has 0 saturated carbocycles. The van der Waals surface area contributed by atoms with Crippen molar-refractivity contribution in [3.8, 4) is 0 Å². The lowest BCUT2D eigenvalue weighted by atomic mass is 10.7. The molecule has 0 fully saturated rings. The molecule has 0 aromatic heterocycles. The monoisotopic (exact) mass is 254 g/mol. The molecule has 0 unspecified atom stereocenters. The van der Waals surface area contributed by atoms with Gasteiger partial charge in [-0.1, -0.05) is 51.1 Å². The summed E-state index contributed by atoms with van der Waals surface area (Å²) >= 11 is 0. The molecule has 0 amide bonds. The number of carboxylic acids is 1. The van der Waals surface area contributed by atoms with E-state index in [0.29, 0.717) is 0 Å². The van der Waals surface area contributed by atoms with Crippen LogP contribution in [0.4, 0.5) is 0 Å². The summed E-state index contributed by atoms with van der Waals surface area (Å²) in [6.07, 6.45) is 2.33. The predicted octanol–water partition coefficient (Wildman–Crippen LogP) is 3.88. The Morgan fingerprint density at radius 3 is 1.00 bits per heavy atom. The van der Waals surface area contributed by atoms with E-state index in [9.17, 15) is 4.79 Å². The lowest BCUT2D eigenvalue weighted by Gasteiger charge is -1.64. The van der Waals surface area contributed by atoms with E-state index in [1.165, 1.54) is 0 Å². The zero-order valence-corrected chi connectivity index (χ0v) is 5.46. The molecule has 0 aromatic carbocycles. The highest BCUT2D eigenvalue weighted by atomic mass is 16.4. The van der Waals surface area contributed by atoms with Crippen LogP contribution in [-0.4, -0.2) is 23.2 Å². The standard InChI is InChI=1S/C3H4O2.2CHNO.6CH4/c1-2-3(4)5;2*2-1-3;;;;;;/h2H,1H2,(H,4,5);2*2H;6*1H4. The van der Waals surface area contributed by atoms with Gasteiger partial charge in [0.25, 0.3) is 0 Å². The molecule has 108 valence electrons. The molecule has 17 heavy (non-hydrogen) atoms. The maximum Gasteiger partial charge on any atom is 0.327 e. The number of hydrogen-bond acceptors (Lipinski definition) is 5. The Morgan fingerprint density at radius 2 is 1.00 bits per heavy atom. The van der Waals surface area contributed by atoms with Crippen molar-refractivity contribution in [2.24, 2.45) is 0 Å². The third-order valence-corrected chi connectivity index (χ3v) is 0.175. The molecule has 0 aliphatic heterocycles. The zero-order valence-electron chi connectivity index (χ0n) is 5.46. The van der Waals surface area contributed by atoms with Gasteiger partial charge in [-0.3, -0.25) is 0 Å². The minimum atomic E-state index is -0.981. The molecule has 0 aliphatic carbocycles. The fourth-order valence-corrected chi connectivity index (χ4v) is 0. The van der Waals surface area contributed by atoms with Crippen LogP contribution in [-0.2, 0) is 14.4 Å². The Bertz CT molecular complexity index is 168. The Labute approximate surface area is 106 Å². The van der Waals surface area contributed by atoms with Crippen molar-refractivity contribution in [3.05, 3.63) is 12.7 Å². The van der Waals surface area contributed by atoms with Gasteiger partial charge in [-0.15, -0.1) is 0 Å². The van der Waals surface area contributed by atoms with Gasteiger partial charge in [-0.2, -0.15) is 0 Å². The smallest absolute Gasteiger partial charge is 0.327 e. The Hall–Kier alpha value is -2.03. The first-order valence-corrected chi connectivity index (χ1v) is 2.03. The third kappa shape index (κ3) is 2220000. The van der Waals surface area contributed by atoms with Crippen LogP contribution in [0, 0.1) is 10.8 Å². The minimum Gasteiger partial charge on any atom is -0.478 e. The molecule has 3 N–H and O–H groups in total. The van der Waals surface area contributed by atoms with Gasteiger partial charge in [-0.25, -0.2) is 25.2 Å². The maximum absolute atomic E-state index is 9.25. The summed E-state index contributed by atoms with van der Waals surface area (Å²) < 4.78 is 0. The van der Waals surface area contributed by atoms with Crippen molar-refractivity contribution in [1.82, 2.24) is 0 Å². The van der Waals surface area contributed by atoms with Crippen molar-refractivity contribution in [3.63, 3.8) is 0 Å². The van der Waals surface area contributed by atoms with Gasteiger partial charge in [0.15, 0.2) is 0 Å². The fraction of sp³-hybridized carbons (Fsp3) is 0.545. The quantitative estimate of drug-likeness (QED) is 0.373. The van der Waals surface area contributed by atoms with Gasteiger partial charge in [-0.05, 0) is 0 Å². The lowest BCUT2D eigenvalue weighted by molar-refractivity contribution is -0.131. The van der Waals surface area contributed by atoms with E-state index in [1.54, 1.807) is 0 Å². The molecule has 6 nitrogen and oxygen atoms in total. The maximum atomic E-state index is 9.25. The van der Waals surface area contributed by atoms with Crippen LogP contribution in [0.15, 0.2) is 12.7 Å². The van der Waals surface area contributed by atoms with Crippen molar-refractivity contribution >= 4 is 18.1 Å². The SMILES string of the molecule is C.C.C.C.C.C.C=CC(=O)O.N=C=O.N=C=O. The number of nitrogens with one attached hydrogen (secondary N) is 2. The third-order valence-electron chi connectivity index (χ3n) is 0.175. The van der Waals surface area contributed by atoms with Gasteiger partial charge in [0.05, 0.1) is 0 Å². The molecule has 0 saturated heterocycles. The largest absolute Gasteiger partial charge is 0.478 e. The number of rotatable bonds is 1. The summed E-state index contributed by atoms with van der Waals surface area (Å²) in [5, 5.41) is 18.4. The normalized spacial score (nSPS) is 2.82.